The van der Waals surface area contributed by atoms with Gasteiger partial charge in [0.05, 0.1) is 6.54 Å². The third-order valence-electron chi connectivity index (χ3n) is 2.76. The minimum Gasteiger partial charge on any atom is -0.338 e. The molecule has 0 atom stereocenters. The van der Waals surface area contributed by atoms with Crippen molar-refractivity contribution in [1.82, 2.24) is 15.5 Å². The van der Waals surface area contributed by atoms with Gasteiger partial charge in [0.1, 0.15) is 5.82 Å². The number of aromatic nitrogens is 2. The van der Waals surface area contributed by atoms with Crippen molar-refractivity contribution in [1.29, 1.82) is 0 Å². The van der Waals surface area contributed by atoms with E-state index >= 15 is 0 Å². The van der Waals surface area contributed by atoms with Crippen LogP contribution in [0, 0.1) is 5.82 Å². The van der Waals surface area contributed by atoms with Crippen molar-refractivity contribution in [2.24, 2.45) is 0 Å². The van der Waals surface area contributed by atoms with Crippen molar-refractivity contribution in [2.75, 3.05) is 0 Å². The molecule has 1 aliphatic carbocycles. The van der Waals surface area contributed by atoms with Gasteiger partial charge >= 0.3 is 0 Å². The van der Waals surface area contributed by atoms with Gasteiger partial charge in [-0.1, -0.05) is 5.16 Å². The summed E-state index contributed by atoms with van der Waals surface area (Å²) in [5.74, 6) is 0.715. The fraction of sp³-hybridized carbons (Fsp3) is 0.333. The van der Waals surface area contributed by atoms with Crippen LogP contribution in [0.3, 0.4) is 0 Å². The number of hydrogen-bond donors (Lipinski definition) is 1. The van der Waals surface area contributed by atoms with Gasteiger partial charge in [-0.3, -0.25) is 0 Å². The predicted octanol–water partition coefficient (Wildman–Crippen LogP) is 2.89. The Labute approximate surface area is 112 Å². The smallest absolute Gasteiger partial charge is 0.240 e. The molecule has 1 saturated carbocycles. The fourth-order valence-corrected chi connectivity index (χ4v) is 2.15. The fourth-order valence-electron chi connectivity index (χ4n) is 1.63. The maximum Gasteiger partial charge on any atom is 0.240 e. The largest absolute Gasteiger partial charge is 0.338 e. The Balaban J connectivity index is 1.78. The first kappa shape index (κ1) is 11.8. The Kier molecular flexibility index (Phi) is 3.13. The number of rotatable bonds is 4. The van der Waals surface area contributed by atoms with Gasteiger partial charge in [0.15, 0.2) is 0 Å². The zero-order chi connectivity index (χ0) is 12.5. The van der Waals surface area contributed by atoms with Crippen LogP contribution < -0.4 is 5.32 Å². The van der Waals surface area contributed by atoms with Gasteiger partial charge in [0.2, 0.25) is 11.7 Å². The lowest BCUT2D eigenvalue weighted by Gasteiger charge is -1.98. The van der Waals surface area contributed by atoms with E-state index < -0.39 is 0 Å². The molecule has 1 aromatic heterocycles. The van der Waals surface area contributed by atoms with Crippen LogP contribution in [0.4, 0.5) is 4.39 Å². The summed E-state index contributed by atoms with van der Waals surface area (Å²) in [7, 11) is 0. The summed E-state index contributed by atoms with van der Waals surface area (Å²) in [6.45, 7) is 0.580. The average Bonchev–Trinajstić information content (AvgIpc) is 3.05. The van der Waals surface area contributed by atoms with E-state index in [9.17, 15) is 4.39 Å². The van der Waals surface area contributed by atoms with Gasteiger partial charge in [-0.25, -0.2) is 4.39 Å². The quantitative estimate of drug-likeness (QED) is 0.943. The Bertz CT molecular complexity index is 568. The molecule has 18 heavy (non-hydrogen) atoms. The predicted molar refractivity (Wildman–Crippen MR) is 67.3 cm³/mol. The molecular weight excluding hydrogens is 301 g/mol. The first-order valence-corrected chi connectivity index (χ1v) is 6.53. The Morgan fingerprint density at radius 3 is 3.00 bits per heavy atom. The molecular formula is C12H11BrFN3O. The molecule has 0 bridgehead atoms. The lowest BCUT2D eigenvalue weighted by molar-refractivity contribution is 0.367. The topological polar surface area (TPSA) is 51.0 Å². The minimum atomic E-state index is -0.301. The van der Waals surface area contributed by atoms with Gasteiger partial charge < -0.3 is 9.84 Å². The van der Waals surface area contributed by atoms with E-state index in [1.54, 1.807) is 6.07 Å². The van der Waals surface area contributed by atoms with Crippen LogP contribution in [0.5, 0.6) is 0 Å². The lowest BCUT2D eigenvalue weighted by Crippen LogP contribution is -2.15. The summed E-state index contributed by atoms with van der Waals surface area (Å²) < 4.78 is 18.7. The first-order chi connectivity index (χ1) is 8.72. The normalized spacial score (nSPS) is 15.0. The monoisotopic (exact) mass is 311 g/mol. The molecule has 0 saturated heterocycles. The molecule has 4 nitrogen and oxygen atoms in total. The number of hydrogen-bond acceptors (Lipinski definition) is 4. The Morgan fingerprint density at radius 2 is 2.28 bits per heavy atom. The van der Waals surface area contributed by atoms with E-state index in [0.717, 1.165) is 5.56 Å². The molecule has 0 amide bonds. The van der Waals surface area contributed by atoms with Gasteiger partial charge in [-0.2, -0.15) is 4.98 Å². The zero-order valence-corrected chi connectivity index (χ0v) is 11.1. The third-order valence-corrected chi connectivity index (χ3v) is 3.42. The highest BCUT2D eigenvalue weighted by atomic mass is 79.9. The van der Waals surface area contributed by atoms with E-state index in [4.69, 9.17) is 4.52 Å². The standard InChI is InChI=1S/C12H11BrFN3O/c13-10-5-7(14)1-4-9(10)12-16-11(18-17-12)6-15-8-2-3-8/h1,4-5,8,15H,2-3,6H2. The SMILES string of the molecule is Fc1ccc(-c2noc(CNC3CC3)n2)c(Br)c1. The van der Waals surface area contributed by atoms with Crippen LogP contribution in [0.25, 0.3) is 11.4 Å². The Morgan fingerprint density at radius 1 is 1.44 bits per heavy atom. The van der Waals surface area contributed by atoms with Crippen LogP contribution in [0.2, 0.25) is 0 Å². The maximum absolute atomic E-state index is 13.0. The van der Waals surface area contributed by atoms with Gasteiger partial charge in [0, 0.05) is 16.1 Å². The molecule has 0 spiro atoms. The van der Waals surface area contributed by atoms with Crippen LogP contribution in [0.15, 0.2) is 27.2 Å². The van der Waals surface area contributed by atoms with Crippen molar-refractivity contribution in [3.63, 3.8) is 0 Å². The molecule has 1 N–H and O–H groups in total. The van der Waals surface area contributed by atoms with Crippen LogP contribution in [-0.4, -0.2) is 16.2 Å². The van der Waals surface area contributed by atoms with Crippen molar-refractivity contribution in [3.05, 3.63) is 34.4 Å². The zero-order valence-electron chi connectivity index (χ0n) is 9.49. The van der Waals surface area contributed by atoms with Crippen LogP contribution in [-0.2, 0) is 6.54 Å². The Hall–Kier alpha value is -1.27. The highest BCUT2D eigenvalue weighted by Gasteiger charge is 2.21. The molecule has 1 fully saturated rings. The second-order valence-electron chi connectivity index (χ2n) is 4.29. The molecule has 3 rings (SSSR count). The van der Waals surface area contributed by atoms with Gasteiger partial charge in [0.25, 0.3) is 0 Å². The number of nitrogens with one attached hydrogen (secondary N) is 1. The van der Waals surface area contributed by atoms with E-state index in [1.807, 2.05) is 0 Å². The van der Waals surface area contributed by atoms with Crippen molar-refractivity contribution in [3.8, 4) is 11.4 Å². The van der Waals surface area contributed by atoms with Crippen molar-refractivity contribution < 1.29 is 8.91 Å². The summed E-state index contributed by atoms with van der Waals surface area (Å²) >= 11 is 3.29. The molecule has 2 aromatic rings. The van der Waals surface area contributed by atoms with Crippen LogP contribution in [0.1, 0.15) is 18.7 Å². The summed E-state index contributed by atoms with van der Waals surface area (Å²) in [5, 5.41) is 7.19. The molecule has 0 radical (unpaired) electrons. The molecule has 1 aliphatic rings. The van der Waals surface area contributed by atoms with E-state index in [0.29, 0.717) is 28.8 Å². The summed E-state index contributed by atoms with van der Waals surface area (Å²) in [6.07, 6.45) is 2.43. The molecule has 6 heteroatoms. The van der Waals surface area contributed by atoms with Gasteiger partial charge in [-0.15, -0.1) is 0 Å². The summed E-state index contributed by atoms with van der Waals surface area (Å²) in [4.78, 5) is 4.28. The number of nitrogens with zero attached hydrogens (tertiary/aromatic N) is 2. The third kappa shape index (κ3) is 2.59. The number of benzene rings is 1. The molecule has 1 heterocycles. The molecule has 94 valence electrons. The summed E-state index contributed by atoms with van der Waals surface area (Å²) in [6, 6.07) is 4.98. The molecule has 1 aromatic carbocycles. The van der Waals surface area contributed by atoms with Crippen molar-refractivity contribution in [2.45, 2.75) is 25.4 Å². The average molecular weight is 312 g/mol. The number of halogens is 2. The minimum absolute atomic E-state index is 0.301. The maximum atomic E-state index is 13.0. The van der Waals surface area contributed by atoms with Crippen LogP contribution >= 0.6 is 15.9 Å². The first-order valence-electron chi connectivity index (χ1n) is 5.74. The molecule has 0 aliphatic heterocycles. The van der Waals surface area contributed by atoms with E-state index in [-0.39, 0.29) is 5.82 Å². The second kappa shape index (κ2) is 4.78. The lowest BCUT2D eigenvalue weighted by atomic mass is 10.2. The second-order valence-corrected chi connectivity index (χ2v) is 5.15. The van der Waals surface area contributed by atoms with E-state index in [2.05, 4.69) is 31.4 Å². The highest BCUT2D eigenvalue weighted by Crippen LogP contribution is 2.26. The highest BCUT2D eigenvalue weighted by molar-refractivity contribution is 9.10. The summed E-state index contributed by atoms with van der Waals surface area (Å²) in [5.41, 5.74) is 0.720. The van der Waals surface area contributed by atoms with Gasteiger partial charge in [-0.05, 0) is 47.0 Å². The van der Waals surface area contributed by atoms with E-state index in [1.165, 1.54) is 25.0 Å². The molecule has 0 unspecified atom stereocenters. The van der Waals surface area contributed by atoms with Crippen molar-refractivity contribution >= 4 is 15.9 Å².